The molecular weight excluding hydrogens is 251 g/mol. The van der Waals surface area contributed by atoms with Crippen LogP contribution in [0.3, 0.4) is 0 Å². The molecule has 0 radical (unpaired) electrons. The molecule has 1 aromatic rings. The van der Waals surface area contributed by atoms with E-state index in [4.69, 9.17) is 11.6 Å². The monoisotopic (exact) mass is 268 g/mol. The minimum absolute atomic E-state index is 0.00838. The summed E-state index contributed by atoms with van der Waals surface area (Å²) in [5.41, 5.74) is 0.344. The summed E-state index contributed by atoms with van der Waals surface area (Å²) in [4.78, 5) is 12.3. The van der Waals surface area contributed by atoms with Crippen molar-refractivity contribution in [2.45, 2.75) is 39.0 Å². The van der Waals surface area contributed by atoms with Gasteiger partial charge in [0.15, 0.2) is 5.78 Å². The molecule has 0 spiro atoms. The van der Waals surface area contributed by atoms with Crippen LogP contribution >= 0.6 is 11.6 Å². The van der Waals surface area contributed by atoms with Gasteiger partial charge in [0.25, 0.3) is 0 Å². The molecule has 1 fully saturated rings. The fourth-order valence-corrected chi connectivity index (χ4v) is 2.97. The van der Waals surface area contributed by atoms with E-state index in [0.29, 0.717) is 5.56 Å². The summed E-state index contributed by atoms with van der Waals surface area (Å²) < 4.78 is 13.3. The molecule has 0 amide bonds. The van der Waals surface area contributed by atoms with Crippen molar-refractivity contribution in [2.24, 2.45) is 11.8 Å². The highest BCUT2D eigenvalue weighted by Crippen LogP contribution is 2.34. The number of hydrogen-bond donors (Lipinski definition) is 0. The van der Waals surface area contributed by atoms with Gasteiger partial charge in [-0.3, -0.25) is 4.79 Å². The van der Waals surface area contributed by atoms with Gasteiger partial charge in [0.1, 0.15) is 5.82 Å². The summed E-state index contributed by atoms with van der Waals surface area (Å²) in [5.74, 6) is 0.267. The summed E-state index contributed by atoms with van der Waals surface area (Å²) in [6.45, 7) is 2.19. The Balaban J connectivity index is 2.10. The summed E-state index contributed by atoms with van der Waals surface area (Å²) in [6.07, 6.45) is 5.19. The van der Waals surface area contributed by atoms with Crippen molar-refractivity contribution >= 4 is 17.4 Å². The smallest absolute Gasteiger partial charge is 0.167 e. The highest BCUT2D eigenvalue weighted by atomic mass is 35.5. The third kappa shape index (κ3) is 2.74. The van der Waals surface area contributed by atoms with Crippen LogP contribution in [0.1, 0.15) is 49.4 Å². The number of rotatable bonds is 3. The van der Waals surface area contributed by atoms with Crippen molar-refractivity contribution < 1.29 is 9.18 Å². The maximum Gasteiger partial charge on any atom is 0.167 e. The Morgan fingerprint density at radius 2 is 2.00 bits per heavy atom. The molecule has 1 aliphatic rings. The predicted octanol–water partition coefficient (Wildman–Crippen LogP) is 4.88. The first-order valence-electron chi connectivity index (χ1n) is 6.61. The first-order chi connectivity index (χ1) is 8.63. The zero-order valence-corrected chi connectivity index (χ0v) is 11.3. The fraction of sp³-hybridized carbons (Fsp3) is 0.533. The predicted molar refractivity (Wildman–Crippen MR) is 71.5 cm³/mol. The lowest BCUT2D eigenvalue weighted by Crippen LogP contribution is -2.22. The number of halogens is 2. The average Bonchev–Trinajstić information content (AvgIpc) is 2.41. The maximum atomic E-state index is 13.3. The number of carbonyl (C=O) groups excluding carboxylic acids is 1. The van der Waals surface area contributed by atoms with Gasteiger partial charge in [-0.25, -0.2) is 4.39 Å². The Kier molecular flexibility index (Phi) is 4.39. The molecule has 1 saturated carbocycles. The highest BCUT2D eigenvalue weighted by molar-refractivity contribution is 6.34. The van der Waals surface area contributed by atoms with Crippen LogP contribution in [0.2, 0.25) is 5.02 Å². The topological polar surface area (TPSA) is 17.1 Å². The Morgan fingerprint density at radius 3 is 2.61 bits per heavy atom. The van der Waals surface area contributed by atoms with E-state index in [1.807, 2.05) is 0 Å². The average molecular weight is 269 g/mol. The van der Waals surface area contributed by atoms with Crippen molar-refractivity contribution in [3.05, 3.63) is 34.6 Å². The molecular formula is C15H18ClFO. The lowest BCUT2D eigenvalue weighted by molar-refractivity contribution is 0.0871. The Morgan fingerprint density at radius 1 is 1.33 bits per heavy atom. The molecule has 0 saturated heterocycles. The molecule has 1 aromatic carbocycles. The molecule has 3 heteroatoms. The van der Waals surface area contributed by atoms with Crippen LogP contribution in [0.5, 0.6) is 0 Å². The molecule has 0 atom stereocenters. The minimum atomic E-state index is -0.509. The number of carbonyl (C=O) groups is 1. The maximum absolute atomic E-state index is 13.3. The van der Waals surface area contributed by atoms with Crippen LogP contribution in [0.4, 0.5) is 4.39 Å². The molecule has 1 aliphatic carbocycles. The summed E-state index contributed by atoms with van der Waals surface area (Å²) in [6, 6.07) is 4.46. The molecule has 18 heavy (non-hydrogen) atoms. The van der Waals surface area contributed by atoms with Gasteiger partial charge in [0, 0.05) is 11.5 Å². The second-order valence-electron chi connectivity index (χ2n) is 5.09. The van der Waals surface area contributed by atoms with Crippen molar-refractivity contribution in [3.8, 4) is 0 Å². The van der Waals surface area contributed by atoms with Crippen molar-refractivity contribution in [3.63, 3.8) is 0 Å². The van der Waals surface area contributed by atoms with Crippen LogP contribution in [0.25, 0.3) is 0 Å². The Labute approximate surface area is 112 Å². The number of hydrogen-bond acceptors (Lipinski definition) is 1. The normalized spacial score (nSPS) is 23.9. The van der Waals surface area contributed by atoms with Crippen molar-refractivity contribution in [1.82, 2.24) is 0 Å². The Bertz CT molecular complexity index is 436. The second-order valence-corrected chi connectivity index (χ2v) is 5.47. The molecule has 1 nitrogen and oxygen atoms in total. The van der Waals surface area contributed by atoms with Crippen LogP contribution in [0, 0.1) is 17.7 Å². The van der Waals surface area contributed by atoms with E-state index >= 15 is 0 Å². The fourth-order valence-electron chi connectivity index (χ4n) is 2.75. The lowest BCUT2D eigenvalue weighted by atomic mass is 9.78. The van der Waals surface area contributed by atoms with Gasteiger partial charge in [-0.05, 0) is 43.7 Å². The summed E-state index contributed by atoms with van der Waals surface area (Å²) in [5, 5.41) is -0.0277. The molecule has 0 aliphatic heterocycles. The SMILES string of the molecule is CCC1CCC(C(=O)c2cccc(F)c2Cl)CC1. The molecule has 0 bridgehead atoms. The van der Waals surface area contributed by atoms with Crippen LogP contribution in [-0.4, -0.2) is 5.78 Å². The lowest BCUT2D eigenvalue weighted by Gasteiger charge is -2.27. The van der Waals surface area contributed by atoms with Gasteiger partial charge >= 0.3 is 0 Å². The number of Topliss-reactive ketones (excluding diaryl/α,β-unsaturated/α-hetero) is 1. The summed E-state index contributed by atoms with van der Waals surface area (Å²) in [7, 11) is 0. The van der Waals surface area contributed by atoms with Crippen LogP contribution in [0.15, 0.2) is 18.2 Å². The van der Waals surface area contributed by atoms with Gasteiger partial charge in [-0.15, -0.1) is 0 Å². The van der Waals surface area contributed by atoms with Gasteiger partial charge in [-0.2, -0.15) is 0 Å². The van der Waals surface area contributed by atoms with E-state index in [1.54, 1.807) is 12.1 Å². The van der Waals surface area contributed by atoms with E-state index in [2.05, 4.69) is 6.92 Å². The van der Waals surface area contributed by atoms with E-state index in [9.17, 15) is 9.18 Å². The van der Waals surface area contributed by atoms with Gasteiger partial charge in [-0.1, -0.05) is 31.0 Å². The molecule has 0 unspecified atom stereocenters. The largest absolute Gasteiger partial charge is 0.294 e. The minimum Gasteiger partial charge on any atom is -0.294 e. The first kappa shape index (κ1) is 13.5. The van der Waals surface area contributed by atoms with Crippen molar-refractivity contribution in [2.75, 3.05) is 0 Å². The van der Waals surface area contributed by atoms with E-state index in [0.717, 1.165) is 31.6 Å². The molecule has 98 valence electrons. The van der Waals surface area contributed by atoms with E-state index in [1.165, 1.54) is 12.5 Å². The Hall–Kier alpha value is -0.890. The van der Waals surface area contributed by atoms with Gasteiger partial charge in [0.2, 0.25) is 0 Å². The van der Waals surface area contributed by atoms with Gasteiger partial charge < -0.3 is 0 Å². The molecule has 2 rings (SSSR count). The van der Waals surface area contributed by atoms with Gasteiger partial charge in [0.05, 0.1) is 5.02 Å². The zero-order valence-electron chi connectivity index (χ0n) is 10.6. The zero-order chi connectivity index (χ0) is 13.1. The molecule has 0 aromatic heterocycles. The first-order valence-corrected chi connectivity index (χ1v) is 6.99. The second kappa shape index (κ2) is 5.83. The van der Waals surface area contributed by atoms with E-state index in [-0.39, 0.29) is 16.7 Å². The number of ketones is 1. The quantitative estimate of drug-likeness (QED) is 0.714. The molecule has 0 heterocycles. The summed E-state index contributed by atoms with van der Waals surface area (Å²) >= 11 is 5.87. The van der Waals surface area contributed by atoms with Crippen molar-refractivity contribution in [1.29, 1.82) is 0 Å². The molecule has 0 N–H and O–H groups in total. The van der Waals surface area contributed by atoms with Crippen LogP contribution in [-0.2, 0) is 0 Å². The van der Waals surface area contributed by atoms with E-state index < -0.39 is 5.82 Å². The standard InChI is InChI=1S/C15H18ClFO/c1-2-10-6-8-11(9-7-10)15(18)12-4-3-5-13(17)14(12)16/h3-5,10-11H,2,6-9H2,1H3. The number of benzene rings is 1. The van der Waals surface area contributed by atoms with Crippen LogP contribution < -0.4 is 0 Å². The third-order valence-corrected chi connectivity index (χ3v) is 4.40. The highest BCUT2D eigenvalue weighted by Gasteiger charge is 2.27. The third-order valence-electron chi connectivity index (χ3n) is 4.01.